The number of ether oxygens (including phenoxy) is 2. The van der Waals surface area contributed by atoms with Crippen molar-refractivity contribution < 1.29 is 38.1 Å². The van der Waals surface area contributed by atoms with E-state index in [1.54, 1.807) is 22.7 Å². The smallest absolute Gasteiger partial charge is 0.309 e. The summed E-state index contributed by atoms with van der Waals surface area (Å²) in [6, 6.07) is 0. The van der Waals surface area contributed by atoms with Crippen molar-refractivity contribution in [3.05, 3.63) is 90.9 Å². The Bertz CT molecular complexity index is 2510. The zero-order valence-electron chi connectivity index (χ0n) is 53.7. The first-order chi connectivity index (χ1) is 36.6. The Labute approximate surface area is 504 Å². The van der Waals surface area contributed by atoms with Crippen molar-refractivity contribution in [1.29, 1.82) is 0 Å². The molecular formula is C64H106N2O8S4Si2. The number of aromatic nitrogens is 2. The van der Waals surface area contributed by atoms with Crippen LogP contribution in [0.25, 0.3) is 12.2 Å². The SMILES string of the molecule is C/C1=C/C[C@@H](/C(C)=C/c2csc(C)n2)OC(=O)C[C@H](O)C(C)(C)S[C@H](C)[C@@H](O)[C@@H](C)/C=C\C1.C/C1=C/C[C@@H](/C(C)=C/c2csc(C)n2)OC(=O)C[C@H](O[Si](C)(C)C(C)(C)C)C(C)(C)S[C@H](C)[C@@H](O[Si](C)(C)C(C)(C)C)[C@@H](C)/C=C\C1. The molecule has 2 aliphatic rings. The lowest BCUT2D eigenvalue weighted by Gasteiger charge is -2.46. The van der Waals surface area contributed by atoms with Crippen LogP contribution in [-0.2, 0) is 27.9 Å². The number of carbonyl (C=O) groups excluding carboxylic acids is 2. The highest BCUT2D eigenvalue weighted by molar-refractivity contribution is 8.01. The van der Waals surface area contributed by atoms with Crippen molar-refractivity contribution in [2.24, 2.45) is 11.8 Å². The van der Waals surface area contributed by atoms with Crippen LogP contribution in [0.2, 0.25) is 36.3 Å². The standard InChI is InChI=1S/C38H67NO4S2Si2.C26H39NO4S2/c1-26-19-18-20-27(2)35(43-47(16,17)37(9,10)11)29(4)45-38(12,13)33(42-46(14,15)36(6,7)8)24-34(40)41-32(22-21-26)28(3)23-31-25-44-30(5)39-31;1-16-9-8-10-17(2)25(30)19(4)33-26(6,7)23(28)14-24(29)31-22(12-11-16)18(3)13-21-15-32-20(5)27-21/h18,20-21,23,25,27,29,32-33,35H,19,22,24H2,1-17H3;8,10-11,13,15,17,19,22-23,25,28,30H,9,12,14H2,1-7H3/b20-18-,26-21-,28-23+;10-8-,16-11-,18-13+/t27-,29+,32-,33-,35-;17-,19+,22-,23-,25-/m00/s1. The van der Waals surface area contributed by atoms with Gasteiger partial charge in [-0.25, -0.2) is 9.97 Å². The third kappa shape index (κ3) is 22.9. The van der Waals surface area contributed by atoms with Gasteiger partial charge in [0, 0.05) is 55.4 Å². The molecule has 0 aromatic carbocycles. The molecule has 10 nitrogen and oxygen atoms in total. The fourth-order valence-corrected chi connectivity index (χ4v) is 16.4. The zero-order chi connectivity index (χ0) is 60.9. The summed E-state index contributed by atoms with van der Waals surface area (Å²) in [6.45, 7) is 52.0. The lowest BCUT2D eigenvalue weighted by molar-refractivity contribution is -0.150. The third-order valence-electron chi connectivity index (χ3n) is 16.5. The van der Waals surface area contributed by atoms with E-state index in [-0.39, 0.29) is 74.3 Å². The van der Waals surface area contributed by atoms with Gasteiger partial charge in [-0.3, -0.25) is 9.59 Å². The van der Waals surface area contributed by atoms with E-state index >= 15 is 0 Å². The quantitative estimate of drug-likeness (QED) is 0.148. The van der Waals surface area contributed by atoms with Crippen molar-refractivity contribution in [3.63, 3.8) is 0 Å². The first kappa shape index (κ1) is 71.9. The maximum absolute atomic E-state index is 14.0. The Hall–Kier alpha value is -2.39. The van der Waals surface area contributed by atoms with Gasteiger partial charge in [-0.15, -0.1) is 46.2 Å². The molecular weight excluding hydrogens is 1110 g/mol. The first-order valence-corrected chi connectivity index (χ1v) is 38.3. The number of rotatable bonds is 8. The van der Waals surface area contributed by atoms with Crippen molar-refractivity contribution in [2.75, 3.05) is 0 Å². The summed E-state index contributed by atoms with van der Waals surface area (Å²) < 4.78 is 25.6. The molecule has 0 unspecified atom stereocenters. The summed E-state index contributed by atoms with van der Waals surface area (Å²) in [5.41, 5.74) is 6.10. The summed E-state index contributed by atoms with van der Waals surface area (Å²) in [7, 11) is -4.29. The number of aliphatic hydroxyl groups excluding tert-OH is 2. The zero-order valence-corrected chi connectivity index (χ0v) is 58.9. The van der Waals surface area contributed by atoms with E-state index in [1.807, 2.05) is 78.6 Å². The van der Waals surface area contributed by atoms with Crippen LogP contribution in [0.15, 0.2) is 69.5 Å². The van der Waals surface area contributed by atoms with Gasteiger partial charge in [0.1, 0.15) is 12.2 Å². The van der Waals surface area contributed by atoms with Gasteiger partial charge < -0.3 is 28.5 Å². The highest BCUT2D eigenvalue weighted by Gasteiger charge is 2.47. The molecule has 10 atom stereocenters. The second-order valence-corrected chi connectivity index (χ2v) is 42.5. The molecule has 452 valence electrons. The number of aryl methyl sites for hydroxylation is 2. The topological polar surface area (TPSA) is 137 Å². The van der Waals surface area contributed by atoms with Gasteiger partial charge in [0.25, 0.3) is 0 Å². The van der Waals surface area contributed by atoms with E-state index < -0.39 is 45.7 Å². The second kappa shape index (κ2) is 30.6. The van der Waals surface area contributed by atoms with Gasteiger partial charge >= 0.3 is 11.9 Å². The second-order valence-electron chi connectivity index (χ2n) is 26.8. The summed E-state index contributed by atoms with van der Waals surface area (Å²) >= 11 is 6.61. The van der Waals surface area contributed by atoms with Crippen LogP contribution in [-0.4, -0.2) is 105 Å². The molecule has 0 spiro atoms. The van der Waals surface area contributed by atoms with Crippen LogP contribution in [0.4, 0.5) is 0 Å². The molecule has 0 saturated carbocycles. The molecule has 16 heteroatoms. The summed E-state index contributed by atoms with van der Waals surface area (Å²) in [4.78, 5) is 35.9. The number of hydrogen-bond donors (Lipinski definition) is 2. The van der Waals surface area contributed by atoms with Gasteiger partial charge in [0.2, 0.25) is 0 Å². The van der Waals surface area contributed by atoms with E-state index in [9.17, 15) is 19.8 Å². The molecule has 0 amide bonds. The average molecular weight is 1220 g/mol. The normalized spacial score (nSPS) is 30.3. The third-order valence-corrected chi connectivity index (χ3v) is 30.0. The van der Waals surface area contributed by atoms with Crippen LogP contribution in [0.1, 0.15) is 185 Å². The molecule has 2 N–H and O–H groups in total. The Kier molecular flexibility index (Phi) is 27.5. The number of carbonyl (C=O) groups is 2. The minimum Gasteiger partial charge on any atom is -0.457 e. The predicted octanol–water partition coefficient (Wildman–Crippen LogP) is 17.5. The summed E-state index contributed by atoms with van der Waals surface area (Å²) in [5, 5.41) is 27.8. The predicted molar refractivity (Wildman–Crippen MR) is 351 cm³/mol. The van der Waals surface area contributed by atoms with Gasteiger partial charge in [-0.05, 0) is 142 Å². The molecule has 2 aromatic rings. The maximum atomic E-state index is 14.0. The number of nitrogens with zero attached hydrogens (tertiary/aromatic N) is 2. The van der Waals surface area contributed by atoms with Crippen LogP contribution in [0.5, 0.6) is 0 Å². The van der Waals surface area contributed by atoms with E-state index in [1.165, 1.54) is 22.9 Å². The number of cyclic esters (lactones) is 2. The maximum Gasteiger partial charge on any atom is 0.309 e. The van der Waals surface area contributed by atoms with E-state index in [2.05, 4.69) is 167 Å². The molecule has 2 aromatic heterocycles. The van der Waals surface area contributed by atoms with Crippen LogP contribution in [0.3, 0.4) is 0 Å². The lowest BCUT2D eigenvalue weighted by atomic mass is 9.99. The molecule has 4 heterocycles. The summed E-state index contributed by atoms with van der Waals surface area (Å²) in [5.74, 6) is -0.427. The van der Waals surface area contributed by atoms with E-state index in [0.717, 1.165) is 45.4 Å². The largest absolute Gasteiger partial charge is 0.457 e. The minimum absolute atomic E-state index is 0.00164. The fourth-order valence-electron chi connectivity index (χ4n) is 8.90. The van der Waals surface area contributed by atoms with Crippen molar-refractivity contribution in [3.8, 4) is 0 Å². The number of hydrogen-bond acceptors (Lipinski definition) is 14. The molecule has 0 radical (unpaired) electrons. The van der Waals surface area contributed by atoms with E-state index in [0.29, 0.717) is 12.8 Å². The van der Waals surface area contributed by atoms with Gasteiger partial charge in [-0.1, -0.05) is 117 Å². The molecule has 0 saturated heterocycles. The number of aliphatic hydroxyl groups is 2. The monoisotopic (exact) mass is 1210 g/mol. The average Bonchev–Trinajstić information content (AvgIpc) is 3.94. The number of thioether (sulfide) groups is 2. The van der Waals surface area contributed by atoms with Crippen LogP contribution in [0, 0.1) is 25.7 Å². The summed E-state index contributed by atoms with van der Waals surface area (Å²) in [6.07, 6.45) is 17.5. The highest BCUT2D eigenvalue weighted by atomic mass is 32.2. The molecule has 2 aliphatic heterocycles. The molecule has 0 bridgehead atoms. The Balaban J connectivity index is 0.000000446. The Morgan fingerprint density at radius 1 is 0.650 bits per heavy atom. The lowest BCUT2D eigenvalue weighted by Crippen LogP contribution is -2.52. The first-order valence-electron chi connectivity index (χ1n) is 29.0. The number of allylic oxidation sites excluding steroid dienone is 4. The van der Waals surface area contributed by atoms with Gasteiger partial charge in [0.15, 0.2) is 16.6 Å². The van der Waals surface area contributed by atoms with Gasteiger partial charge in [-0.2, -0.15) is 0 Å². The fraction of sp³-hybridized carbons (Fsp3) is 0.688. The Morgan fingerprint density at radius 2 is 1.06 bits per heavy atom. The van der Waals surface area contributed by atoms with Gasteiger partial charge in [0.05, 0.1) is 58.7 Å². The number of esters is 2. The number of thiazole rings is 2. The van der Waals surface area contributed by atoms with E-state index in [4.69, 9.17) is 18.3 Å². The molecule has 0 fully saturated rings. The van der Waals surface area contributed by atoms with Crippen LogP contribution >= 0.6 is 46.2 Å². The van der Waals surface area contributed by atoms with Crippen LogP contribution < -0.4 is 0 Å². The highest BCUT2D eigenvalue weighted by Crippen LogP contribution is 2.46. The molecule has 0 aliphatic carbocycles. The molecule has 4 rings (SSSR count). The van der Waals surface area contributed by atoms with Crippen molar-refractivity contribution in [1.82, 2.24) is 9.97 Å². The molecule has 80 heavy (non-hydrogen) atoms. The Morgan fingerprint density at radius 3 is 1.49 bits per heavy atom. The van der Waals surface area contributed by atoms with Crippen molar-refractivity contribution >= 4 is 86.9 Å². The van der Waals surface area contributed by atoms with Crippen molar-refractivity contribution in [2.45, 2.75) is 270 Å². The minimum atomic E-state index is -2.23.